The Labute approximate surface area is 448 Å². The molecule has 0 aromatic rings. The average Bonchev–Trinajstić information content (AvgIpc) is 3.28. The number of esters is 8. The Morgan fingerprint density at radius 1 is 0.373 bits per heavy atom. The first-order chi connectivity index (χ1) is 34.9. The lowest BCUT2D eigenvalue weighted by atomic mass is 9.88. The van der Waals surface area contributed by atoms with Gasteiger partial charge in [-0.3, -0.25) is 43.8 Å². The lowest BCUT2D eigenvalue weighted by molar-refractivity contribution is -0.337. The number of carbonyl (C=O) groups is 8. The summed E-state index contributed by atoms with van der Waals surface area (Å²) in [5, 5.41) is 8.21. The summed E-state index contributed by atoms with van der Waals surface area (Å²) < 4.78 is 92.3. The van der Waals surface area contributed by atoms with Crippen molar-refractivity contribution in [2.45, 2.75) is 199 Å². The van der Waals surface area contributed by atoms with Gasteiger partial charge < -0.3 is 75.8 Å². The van der Waals surface area contributed by atoms with Crippen LogP contribution in [-0.2, 0) is 114 Å². The molecule has 20 atom stereocenters. The highest BCUT2D eigenvalue weighted by molar-refractivity contribution is 6.76. The standard InChI is InChI=1S/C47H68Cl3NO24/c1-14-30-18(2)34(63-22(6)52)38(67-26(10)56)42(71-30)60-15-31-19(3)35(64-23(7)53)39(68-27(11)57)43(72-31)61-16-32-20(4)36(65-24(8)54)40(69-28(12)58)44(73-32)62-17-33-21(5)37(66-25(9)55)41(70-29(13)59)45(74-33)75-46(51)47(48,49)50/h18-21,30-45,51H,14-17H2,1-13H3/t18-,19-,20-,21-,30-,31-,32-,33-,34+,35+,36+,37+,38-,39-,40-,41-,42-,43-,44-,45?/m1/s1. The molecule has 4 fully saturated rings. The van der Waals surface area contributed by atoms with Crippen molar-refractivity contribution < 1.29 is 114 Å². The van der Waals surface area contributed by atoms with E-state index < -0.39 is 193 Å². The number of ether oxygens (including phenoxy) is 16. The average molecular weight is 1140 g/mol. The zero-order chi connectivity index (χ0) is 56.4. The van der Waals surface area contributed by atoms with Crippen molar-refractivity contribution in [3.8, 4) is 0 Å². The van der Waals surface area contributed by atoms with E-state index in [1.165, 1.54) is 13.8 Å². The first-order valence-corrected chi connectivity index (χ1v) is 25.2. The van der Waals surface area contributed by atoms with E-state index in [0.717, 1.165) is 41.5 Å². The van der Waals surface area contributed by atoms with Crippen molar-refractivity contribution in [3.63, 3.8) is 0 Å². The fraction of sp³-hybridized carbons (Fsp3) is 0.809. The molecule has 28 heteroatoms. The third-order valence-corrected chi connectivity index (χ3v) is 13.1. The first-order valence-electron chi connectivity index (χ1n) is 24.1. The quantitative estimate of drug-likeness (QED) is 0.0633. The van der Waals surface area contributed by atoms with Gasteiger partial charge in [-0.25, -0.2) is 0 Å². The molecule has 0 amide bonds. The van der Waals surface area contributed by atoms with Crippen LogP contribution in [0.3, 0.4) is 0 Å². The van der Waals surface area contributed by atoms with Gasteiger partial charge >= 0.3 is 47.8 Å². The van der Waals surface area contributed by atoms with Gasteiger partial charge in [0.15, 0.2) is 37.2 Å². The molecule has 0 radical (unpaired) electrons. The van der Waals surface area contributed by atoms with Crippen LogP contribution in [0, 0.1) is 29.1 Å². The molecule has 4 saturated heterocycles. The predicted octanol–water partition coefficient (Wildman–Crippen LogP) is 3.71. The molecule has 0 saturated carbocycles. The molecule has 4 rings (SSSR count). The number of rotatable bonds is 19. The van der Waals surface area contributed by atoms with Crippen LogP contribution in [-0.4, -0.2) is 176 Å². The van der Waals surface area contributed by atoms with Crippen LogP contribution in [0.5, 0.6) is 0 Å². The molecule has 4 aliphatic rings. The highest BCUT2D eigenvalue weighted by atomic mass is 35.6. The van der Waals surface area contributed by atoms with E-state index in [2.05, 4.69) is 0 Å². The second kappa shape index (κ2) is 27.9. The number of halogens is 3. The number of hydrogen-bond donors (Lipinski definition) is 1. The second-order valence-electron chi connectivity index (χ2n) is 18.6. The second-order valence-corrected chi connectivity index (χ2v) is 20.8. The van der Waals surface area contributed by atoms with Crippen LogP contribution < -0.4 is 0 Å². The molecule has 0 aromatic carbocycles. The number of carbonyl (C=O) groups excluding carboxylic acids is 8. The van der Waals surface area contributed by atoms with E-state index in [4.69, 9.17) is 116 Å². The number of nitrogens with one attached hydrogen (secondary N) is 1. The first kappa shape index (κ1) is 63.4. The van der Waals surface area contributed by atoms with Gasteiger partial charge in [-0.15, -0.1) is 0 Å². The number of hydrogen-bond acceptors (Lipinski definition) is 25. The van der Waals surface area contributed by atoms with Crippen molar-refractivity contribution >= 4 is 88.5 Å². The van der Waals surface area contributed by atoms with E-state index in [9.17, 15) is 38.4 Å². The van der Waals surface area contributed by atoms with Crippen LogP contribution in [0.25, 0.3) is 0 Å². The molecule has 0 bridgehead atoms. The summed E-state index contributed by atoms with van der Waals surface area (Å²) in [5.74, 6) is -10.0. The van der Waals surface area contributed by atoms with Gasteiger partial charge in [0, 0.05) is 79.1 Å². The SMILES string of the molecule is CC[C@H]1O[C@@H](OC[C@H]2O[C@@H](OC[C@H]3O[C@@H](OC[C@H]4OC(OC(=N)C(Cl)(Cl)Cl)[C@H](OC(C)=O)[C@@H](OC(C)=O)[C@@H]4C)[C@H](OC(C)=O)[C@@H](OC(C)=O)[C@@H]3C)[C@H](OC(C)=O)[C@@H](OC(C)=O)[C@@H]2C)[C@H](OC(C)=O)[C@@H](OC(C)=O)[C@@H]1C. The Morgan fingerprint density at radius 2 is 0.587 bits per heavy atom. The summed E-state index contributed by atoms with van der Waals surface area (Å²) in [6.45, 7) is 16.2. The minimum atomic E-state index is -2.41. The Balaban J connectivity index is 1.68. The Kier molecular flexibility index (Phi) is 23.6. The summed E-state index contributed by atoms with van der Waals surface area (Å²) in [5.41, 5.74) is 0. The Morgan fingerprint density at radius 3 is 0.827 bits per heavy atom. The Hall–Kier alpha value is -4.18. The van der Waals surface area contributed by atoms with Gasteiger partial charge in [0.25, 0.3) is 3.79 Å². The van der Waals surface area contributed by atoms with Gasteiger partial charge in [0.1, 0.15) is 24.4 Å². The van der Waals surface area contributed by atoms with Crippen molar-refractivity contribution in [2.75, 3.05) is 19.8 Å². The topological polar surface area (TPSA) is 308 Å². The zero-order valence-electron chi connectivity index (χ0n) is 43.8. The minimum Gasteiger partial charge on any atom is -0.458 e. The largest absolute Gasteiger partial charge is 0.458 e. The lowest BCUT2D eigenvalue weighted by Gasteiger charge is -2.47. The van der Waals surface area contributed by atoms with Gasteiger partial charge in [-0.1, -0.05) is 69.4 Å². The molecule has 1 unspecified atom stereocenters. The normalized spacial score (nSPS) is 35.8. The highest BCUT2D eigenvalue weighted by Gasteiger charge is 2.55. The van der Waals surface area contributed by atoms with Gasteiger partial charge in [0.2, 0.25) is 18.3 Å². The molecule has 25 nitrogen and oxygen atoms in total. The van der Waals surface area contributed by atoms with E-state index in [1.54, 1.807) is 27.7 Å². The summed E-state index contributed by atoms with van der Waals surface area (Å²) >= 11 is 17.7. The highest BCUT2D eigenvalue weighted by Crippen LogP contribution is 2.39. The maximum absolute atomic E-state index is 12.7. The maximum atomic E-state index is 12.7. The fourth-order valence-corrected chi connectivity index (χ4v) is 9.30. The molecule has 4 heterocycles. The molecule has 0 spiro atoms. The summed E-state index contributed by atoms with van der Waals surface area (Å²) in [7, 11) is 0. The zero-order valence-corrected chi connectivity index (χ0v) is 46.1. The predicted molar refractivity (Wildman–Crippen MR) is 253 cm³/mol. The number of alkyl halides is 3. The molecular formula is C47H68Cl3NO24. The van der Waals surface area contributed by atoms with E-state index >= 15 is 0 Å². The van der Waals surface area contributed by atoms with Gasteiger partial charge in [0.05, 0.1) is 44.2 Å². The monoisotopic (exact) mass is 1140 g/mol. The van der Waals surface area contributed by atoms with E-state index in [-0.39, 0.29) is 6.61 Å². The lowest BCUT2D eigenvalue weighted by Crippen LogP contribution is -2.62. The molecule has 0 aromatic heterocycles. The van der Waals surface area contributed by atoms with Crippen LogP contribution in [0.1, 0.15) is 96.4 Å². The van der Waals surface area contributed by atoms with Crippen molar-refractivity contribution in [1.82, 2.24) is 0 Å². The van der Waals surface area contributed by atoms with E-state index in [0.29, 0.717) is 6.42 Å². The smallest absolute Gasteiger partial charge is 0.303 e. The summed E-state index contributed by atoms with van der Waals surface area (Å²) in [6.07, 6.45) is -19.9. The van der Waals surface area contributed by atoms with Crippen LogP contribution in [0.4, 0.5) is 0 Å². The van der Waals surface area contributed by atoms with Gasteiger partial charge in [-0.05, 0) is 6.42 Å². The van der Waals surface area contributed by atoms with Crippen molar-refractivity contribution in [1.29, 1.82) is 5.41 Å². The van der Waals surface area contributed by atoms with Crippen LogP contribution in [0.15, 0.2) is 0 Å². The molecule has 75 heavy (non-hydrogen) atoms. The molecule has 1 N–H and O–H groups in total. The fourth-order valence-electron chi connectivity index (χ4n) is 9.17. The van der Waals surface area contributed by atoms with Gasteiger partial charge in [-0.2, -0.15) is 0 Å². The summed E-state index contributed by atoms with van der Waals surface area (Å²) in [6, 6.07) is 0. The molecular weight excluding hydrogens is 1070 g/mol. The van der Waals surface area contributed by atoms with Crippen molar-refractivity contribution in [3.05, 3.63) is 0 Å². The van der Waals surface area contributed by atoms with Crippen molar-refractivity contribution in [2.24, 2.45) is 23.7 Å². The van der Waals surface area contributed by atoms with E-state index in [1.807, 2.05) is 6.92 Å². The Bertz CT molecular complexity index is 2040. The molecule has 426 valence electrons. The van der Waals surface area contributed by atoms with Crippen LogP contribution >= 0.6 is 34.8 Å². The third kappa shape index (κ3) is 17.7. The maximum Gasteiger partial charge on any atom is 0.303 e. The summed E-state index contributed by atoms with van der Waals surface area (Å²) in [4.78, 5) is 99.8. The molecule has 4 aliphatic heterocycles. The van der Waals surface area contributed by atoms with Crippen LogP contribution in [0.2, 0.25) is 0 Å². The minimum absolute atomic E-state index is 0.338. The molecule has 0 aliphatic carbocycles. The third-order valence-electron chi connectivity index (χ3n) is 12.6.